The van der Waals surface area contributed by atoms with Crippen LogP contribution in [-0.4, -0.2) is 23.4 Å². The van der Waals surface area contributed by atoms with Gasteiger partial charge in [0.05, 0.1) is 0 Å². The lowest BCUT2D eigenvalue weighted by molar-refractivity contribution is 0.0513. The van der Waals surface area contributed by atoms with Crippen LogP contribution in [0.5, 0.6) is 0 Å². The van der Waals surface area contributed by atoms with E-state index in [1.807, 2.05) is 0 Å². The number of alkyl carbamates (subject to hydrolysis) is 2. The summed E-state index contributed by atoms with van der Waals surface area (Å²) in [4.78, 5) is 23.4. The van der Waals surface area contributed by atoms with E-state index in [0.29, 0.717) is 4.47 Å². The molecule has 2 amide bonds. The Morgan fingerprint density at radius 3 is 1.58 bits per heavy atom. The van der Waals surface area contributed by atoms with Gasteiger partial charge in [-0.25, -0.2) is 14.0 Å². The van der Waals surface area contributed by atoms with Gasteiger partial charge in [-0.15, -0.1) is 0 Å². The molecule has 0 aliphatic carbocycles. The zero-order valence-electron chi connectivity index (χ0n) is 16.0. The van der Waals surface area contributed by atoms with Gasteiger partial charge in [-0.3, -0.25) is 0 Å². The zero-order valence-corrected chi connectivity index (χ0v) is 17.5. The molecule has 0 bridgehead atoms. The van der Waals surface area contributed by atoms with E-state index in [0.717, 1.165) is 0 Å². The molecule has 0 aliphatic heterocycles. The lowest BCUT2D eigenvalue weighted by Gasteiger charge is -2.20. The molecule has 8 heteroatoms. The maximum absolute atomic E-state index is 14.6. The summed E-state index contributed by atoms with van der Waals surface area (Å²) in [7, 11) is 0. The van der Waals surface area contributed by atoms with Crippen LogP contribution in [-0.2, 0) is 22.6 Å². The van der Waals surface area contributed by atoms with Gasteiger partial charge in [0.25, 0.3) is 0 Å². The normalized spacial score (nSPS) is 11.7. The molecule has 0 unspecified atom stereocenters. The largest absolute Gasteiger partial charge is 0.444 e. The number of hydrogen-bond donors (Lipinski definition) is 2. The maximum Gasteiger partial charge on any atom is 0.407 e. The van der Waals surface area contributed by atoms with Crippen LogP contribution in [0.1, 0.15) is 52.7 Å². The number of carbonyl (C=O) groups excluding carboxylic acids is 2. The summed E-state index contributed by atoms with van der Waals surface area (Å²) in [5.41, 5.74) is -0.734. The quantitative estimate of drug-likeness (QED) is 0.726. The van der Waals surface area contributed by atoms with Crippen molar-refractivity contribution in [2.45, 2.75) is 65.8 Å². The summed E-state index contributed by atoms with van der Waals surface area (Å²) in [6, 6.07) is 3.12. The molecule has 0 aliphatic rings. The smallest absolute Gasteiger partial charge is 0.407 e. The van der Waals surface area contributed by atoms with E-state index < -0.39 is 29.2 Å². The van der Waals surface area contributed by atoms with Crippen molar-refractivity contribution in [3.63, 3.8) is 0 Å². The molecular formula is C18H26BrFN2O4. The standard InChI is InChI=1S/C18H26BrFN2O4/c1-17(2,3)25-15(23)21-9-11-7-13(19)8-12(14(11)20)10-22-16(24)26-18(4,5)6/h7-8H,9-10H2,1-6H3,(H,21,23)(H,22,24). The molecular weight excluding hydrogens is 407 g/mol. The third-order valence-corrected chi connectivity index (χ3v) is 3.29. The van der Waals surface area contributed by atoms with Crippen LogP contribution in [0.3, 0.4) is 0 Å². The first-order valence-corrected chi connectivity index (χ1v) is 8.96. The monoisotopic (exact) mass is 432 g/mol. The lowest BCUT2D eigenvalue weighted by atomic mass is 10.1. The molecule has 0 saturated heterocycles. The number of halogens is 2. The Balaban J connectivity index is 2.75. The zero-order chi connectivity index (χ0) is 20.1. The van der Waals surface area contributed by atoms with Crippen molar-refractivity contribution in [1.82, 2.24) is 10.6 Å². The first-order valence-electron chi connectivity index (χ1n) is 8.17. The molecule has 1 rings (SSSR count). The van der Waals surface area contributed by atoms with Crippen molar-refractivity contribution in [1.29, 1.82) is 0 Å². The number of benzene rings is 1. The number of nitrogens with one attached hydrogen (secondary N) is 2. The Bertz CT molecular complexity index is 613. The predicted molar refractivity (Wildman–Crippen MR) is 100 cm³/mol. The molecule has 0 radical (unpaired) electrons. The van der Waals surface area contributed by atoms with Crippen LogP contribution >= 0.6 is 15.9 Å². The molecule has 146 valence electrons. The average molecular weight is 433 g/mol. The first kappa shape index (κ1) is 22.2. The SMILES string of the molecule is CC(C)(C)OC(=O)NCc1cc(Br)cc(CNC(=O)OC(C)(C)C)c1F. The fourth-order valence-electron chi connectivity index (χ4n) is 1.93. The van der Waals surface area contributed by atoms with E-state index in [9.17, 15) is 14.0 Å². The Labute approximate surface area is 161 Å². The van der Waals surface area contributed by atoms with Crippen molar-refractivity contribution in [3.05, 3.63) is 33.5 Å². The Kier molecular flexibility index (Phi) is 7.44. The second-order valence-corrected chi connectivity index (χ2v) is 8.66. The summed E-state index contributed by atoms with van der Waals surface area (Å²) in [5.74, 6) is -0.514. The summed E-state index contributed by atoms with van der Waals surface area (Å²) >= 11 is 3.30. The van der Waals surface area contributed by atoms with E-state index in [1.54, 1.807) is 53.7 Å². The Hall–Kier alpha value is -1.83. The average Bonchev–Trinajstić information content (AvgIpc) is 2.42. The van der Waals surface area contributed by atoms with Gasteiger partial charge in [-0.2, -0.15) is 0 Å². The fourth-order valence-corrected chi connectivity index (χ4v) is 2.48. The summed E-state index contributed by atoms with van der Waals surface area (Å²) in [6.45, 7) is 10.4. The number of amides is 2. The first-order chi connectivity index (χ1) is 11.8. The minimum atomic E-state index is -0.637. The van der Waals surface area contributed by atoms with E-state index in [2.05, 4.69) is 26.6 Å². The fraction of sp³-hybridized carbons (Fsp3) is 0.556. The molecule has 0 spiro atoms. The second kappa shape index (κ2) is 8.70. The Morgan fingerprint density at radius 1 is 0.923 bits per heavy atom. The second-order valence-electron chi connectivity index (χ2n) is 7.75. The van der Waals surface area contributed by atoms with Crippen LogP contribution in [0.4, 0.5) is 14.0 Å². The van der Waals surface area contributed by atoms with Crippen molar-refractivity contribution in [2.24, 2.45) is 0 Å². The minimum Gasteiger partial charge on any atom is -0.444 e. The third-order valence-electron chi connectivity index (χ3n) is 2.83. The molecule has 0 aromatic heterocycles. The van der Waals surface area contributed by atoms with E-state index >= 15 is 0 Å². The molecule has 6 nitrogen and oxygen atoms in total. The molecule has 2 N–H and O–H groups in total. The van der Waals surface area contributed by atoms with Gasteiger partial charge < -0.3 is 20.1 Å². The van der Waals surface area contributed by atoms with Crippen molar-refractivity contribution >= 4 is 28.1 Å². The molecule has 0 fully saturated rings. The van der Waals surface area contributed by atoms with Crippen LogP contribution < -0.4 is 10.6 Å². The molecule has 1 aromatic carbocycles. The number of hydrogen-bond acceptors (Lipinski definition) is 4. The molecule has 1 aromatic rings. The molecule has 0 heterocycles. The van der Waals surface area contributed by atoms with Gasteiger partial charge in [0, 0.05) is 28.7 Å². The van der Waals surface area contributed by atoms with Gasteiger partial charge in [-0.1, -0.05) is 15.9 Å². The van der Waals surface area contributed by atoms with Gasteiger partial charge in [0.15, 0.2) is 0 Å². The molecule has 0 atom stereocenters. The van der Waals surface area contributed by atoms with Gasteiger partial charge in [0.2, 0.25) is 0 Å². The van der Waals surface area contributed by atoms with Crippen LogP contribution in [0.15, 0.2) is 16.6 Å². The number of rotatable bonds is 4. The van der Waals surface area contributed by atoms with E-state index in [-0.39, 0.29) is 24.2 Å². The summed E-state index contributed by atoms with van der Waals surface area (Å²) in [6.07, 6.45) is -1.27. The van der Waals surface area contributed by atoms with Gasteiger partial charge >= 0.3 is 12.2 Å². The Morgan fingerprint density at radius 2 is 1.27 bits per heavy atom. The van der Waals surface area contributed by atoms with Crippen molar-refractivity contribution in [3.8, 4) is 0 Å². The van der Waals surface area contributed by atoms with Gasteiger partial charge in [-0.05, 0) is 53.7 Å². The minimum absolute atomic E-state index is 0.0420. The maximum atomic E-state index is 14.6. The van der Waals surface area contributed by atoms with Gasteiger partial charge in [0.1, 0.15) is 17.0 Å². The highest BCUT2D eigenvalue weighted by molar-refractivity contribution is 9.10. The number of ether oxygens (including phenoxy) is 2. The summed E-state index contributed by atoms with van der Waals surface area (Å²) < 4.78 is 25.5. The van der Waals surface area contributed by atoms with Crippen molar-refractivity contribution < 1.29 is 23.5 Å². The highest BCUT2D eigenvalue weighted by Gasteiger charge is 2.19. The van der Waals surface area contributed by atoms with Crippen molar-refractivity contribution in [2.75, 3.05) is 0 Å². The predicted octanol–water partition coefficient (Wildman–Crippen LogP) is 4.64. The third kappa shape index (κ3) is 8.51. The van der Waals surface area contributed by atoms with Crippen LogP contribution in [0, 0.1) is 5.82 Å². The molecule has 0 saturated carbocycles. The highest BCUT2D eigenvalue weighted by atomic mass is 79.9. The van der Waals surface area contributed by atoms with Crippen LogP contribution in [0.2, 0.25) is 0 Å². The highest BCUT2D eigenvalue weighted by Crippen LogP contribution is 2.21. The van der Waals surface area contributed by atoms with E-state index in [4.69, 9.17) is 9.47 Å². The number of carbonyl (C=O) groups is 2. The van der Waals surface area contributed by atoms with E-state index in [1.165, 1.54) is 0 Å². The molecule has 26 heavy (non-hydrogen) atoms. The lowest BCUT2D eigenvalue weighted by Crippen LogP contribution is -2.33. The summed E-state index contributed by atoms with van der Waals surface area (Å²) in [5, 5.41) is 5.03. The van der Waals surface area contributed by atoms with Crippen LogP contribution in [0.25, 0.3) is 0 Å². The topological polar surface area (TPSA) is 76.7 Å².